The first-order valence-electron chi connectivity index (χ1n) is 5.31. The van der Waals surface area contributed by atoms with Crippen LogP contribution in [0, 0.1) is 0 Å². The molecule has 2 rings (SSSR count). The molecule has 2 nitrogen and oxygen atoms in total. The van der Waals surface area contributed by atoms with Crippen LogP contribution in [0.2, 0.25) is 10.0 Å². The van der Waals surface area contributed by atoms with E-state index < -0.39 is 0 Å². The Balaban J connectivity index is 2.27. The van der Waals surface area contributed by atoms with Gasteiger partial charge in [0, 0.05) is 5.02 Å². The van der Waals surface area contributed by atoms with Crippen molar-refractivity contribution in [3.05, 3.63) is 27.7 Å². The van der Waals surface area contributed by atoms with Gasteiger partial charge in [-0.25, -0.2) is 0 Å². The summed E-state index contributed by atoms with van der Waals surface area (Å²) in [6.45, 7) is 0. The van der Waals surface area contributed by atoms with Gasteiger partial charge in [0.1, 0.15) is 5.75 Å². The van der Waals surface area contributed by atoms with Crippen molar-refractivity contribution >= 4 is 29.5 Å². The number of carbonyl (C=O) groups excluding carboxylic acids is 1. The Labute approximate surface area is 104 Å². The maximum atomic E-state index is 10.9. The van der Waals surface area contributed by atoms with Gasteiger partial charge in [0.15, 0.2) is 6.29 Å². The molecular formula is C12H12Cl2O2. The zero-order chi connectivity index (χ0) is 11.5. The minimum absolute atomic E-state index is 0.178. The smallest absolute Gasteiger partial charge is 0.153 e. The molecule has 0 bridgehead atoms. The predicted octanol–water partition coefficient (Wildman–Crippen LogP) is 4.13. The number of hydrogen-bond acceptors (Lipinski definition) is 2. The second-order valence-electron chi connectivity index (χ2n) is 3.95. The molecule has 1 aliphatic carbocycles. The second kappa shape index (κ2) is 5.07. The largest absolute Gasteiger partial charge is 0.488 e. The lowest BCUT2D eigenvalue weighted by Crippen LogP contribution is -2.12. The summed E-state index contributed by atoms with van der Waals surface area (Å²) in [7, 11) is 0. The number of halogens is 2. The summed E-state index contributed by atoms with van der Waals surface area (Å²) in [4.78, 5) is 10.9. The summed E-state index contributed by atoms with van der Waals surface area (Å²) < 4.78 is 5.76. The van der Waals surface area contributed by atoms with E-state index in [-0.39, 0.29) is 6.10 Å². The molecule has 16 heavy (non-hydrogen) atoms. The summed E-state index contributed by atoms with van der Waals surface area (Å²) >= 11 is 11.8. The van der Waals surface area contributed by atoms with Crippen LogP contribution in [-0.4, -0.2) is 12.4 Å². The van der Waals surface area contributed by atoms with Gasteiger partial charge in [-0.05, 0) is 37.8 Å². The molecule has 86 valence electrons. The maximum Gasteiger partial charge on any atom is 0.153 e. The lowest BCUT2D eigenvalue weighted by atomic mass is 10.2. The molecule has 0 aliphatic heterocycles. The van der Waals surface area contributed by atoms with Crippen molar-refractivity contribution in [2.75, 3.05) is 0 Å². The first-order valence-corrected chi connectivity index (χ1v) is 6.07. The summed E-state index contributed by atoms with van der Waals surface area (Å²) in [5.74, 6) is 0.466. The van der Waals surface area contributed by atoms with Crippen LogP contribution in [0.25, 0.3) is 0 Å². The fourth-order valence-corrected chi connectivity index (χ4v) is 2.52. The molecule has 1 aromatic carbocycles. The van der Waals surface area contributed by atoms with E-state index in [1.54, 1.807) is 12.1 Å². The molecule has 0 N–H and O–H groups in total. The molecule has 4 heteroatoms. The van der Waals surface area contributed by atoms with Crippen molar-refractivity contribution in [1.82, 2.24) is 0 Å². The van der Waals surface area contributed by atoms with Crippen LogP contribution in [0.4, 0.5) is 0 Å². The van der Waals surface area contributed by atoms with E-state index in [9.17, 15) is 4.79 Å². The highest BCUT2D eigenvalue weighted by Gasteiger charge is 2.20. The average Bonchev–Trinajstić information content (AvgIpc) is 2.74. The van der Waals surface area contributed by atoms with Gasteiger partial charge in [0.05, 0.1) is 16.7 Å². The molecular weight excluding hydrogens is 247 g/mol. The van der Waals surface area contributed by atoms with Crippen LogP contribution in [0.1, 0.15) is 36.0 Å². The van der Waals surface area contributed by atoms with Gasteiger partial charge in [-0.1, -0.05) is 23.2 Å². The standard InChI is InChI=1S/C12H12Cl2O2/c13-9-5-8(7-15)12(11(14)6-9)16-10-3-1-2-4-10/h5-7,10H,1-4H2. The van der Waals surface area contributed by atoms with Crippen LogP contribution >= 0.6 is 23.2 Å². The quantitative estimate of drug-likeness (QED) is 0.763. The lowest BCUT2D eigenvalue weighted by Gasteiger charge is -2.16. The van der Waals surface area contributed by atoms with Gasteiger partial charge in [-0.15, -0.1) is 0 Å². The first-order chi connectivity index (χ1) is 7.70. The fraction of sp³-hybridized carbons (Fsp3) is 0.417. The maximum absolute atomic E-state index is 10.9. The summed E-state index contributed by atoms with van der Waals surface area (Å²) in [6.07, 6.45) is 5.30. The van der Waals surface area contributed by atoms with Crippen molar-refractivity contribution in [3.63, 3.8) is 0 Å². The van der Waals surface area contributed by atoms with Gasteiger partial charge < -0.3 is 4.74 Å². The SMILES string of the molecule is O=Cc1cc(Cl)cc(Cl)c1OC1CCCC1. The number of hydrogen-bond donors (Lipinski definition) is 0. The Hall–Kier alpha value is -0.730. The van der Waals surface area contributed by atoms with E-state index >= 15 is 0 Å². The Kier molecular flexibility index (Phi) is 3.72. The van der Waals surface area contributed by atoms with Crippen molar-refractivity contribution < 1.29 is 9.53 Å². The highest BCUT2D eigenvalue weighted by atomic mass is 35.5. The third-order valence-electron chi connectivity index (χ3n) is 2.75. The molecule has 1 aromatic rings. The van der Waals surface area contributed by atoms with Gasteiger partial charge in [-0.2, -0.15) is 0 Å². The highest BCUT2D eigenvalue weighted by Crippen LogP contribution is 2.34. The molecule has 0 saturated heterocycles. The van der Waals surface area contributed by atoms with Crippen LogP contribution in [0.15, 0.2) is 12.1 Å². The van der Waals surface area contributed by atoms with Gasteiger partial charge >= 0.3 is 0 Å². The summed E-state index contributed by atoms with van der Waals surface area (Å²) in [6, 6.07) is 3.17. The Bertz CT molecular complexity index is 398. The number of ether oxygens (including phenoxy) is 1. The molecule has 0 amide bonds. The first kappa shape index (κ1) is 11.7. The Morgan fingerprint density at radius 3 is 2.56 bits per heavy atom. The molecule has 0 radical (unpaired) electrons. The van der Waals surface area contributed by atoms with E-state index in [4.69, 9.17) is 27.9 Å². The van der Waals surface area contributed by atoms with Crippen molar-refractivity contribution in [3.8, 4) is 5.75 Å². The molecule has 0 spiro atoms. The number of benzene rings is 1. The fourth-order valence-electron chi connectivity index (χ4n) is 1.97. The van der Waals surface area contributed by atoms with E-state index in [2.05, 4.69) is 0 Å². The minimum atomic E-state index is 0.178. The van der Waals surface area contributed by atoms with Crippen molar-refractivity contribution in [1.29, 1.82) is 0 Å². The zero-order valence-electron chi connectivity index (χ0n) is 8.71. The zero-order valence-corrected chi connectivity index (χ0v) is 10.2. The summed E-state index contributed by atoms with van der Waals surface area (Å²) in [5.41, 5.74) is 0.421. The third kappa shape index (κ3) is 2.50. The highest BCUT2D eigenvalue weighted by molar-refractivity contribution is 6.36. The van der Waals surface area contributed by atoms with Crippen LogP contribution in [0.3, 0.4) is 0 Å². The van der Waals surface area contributed by atoms with Crippen LogP contribution in [-0.2, 0) is 0 Å². The molecule has 0 heterocycles. The normalized spacial score (nSPS) is 16.4. The van der Waals surface area contributed by atoms with Gasteiger partial charge in [-0.3, -0.25) is 4.79 Å². The van der Waals surface area contributed by atoms with E-state index in [0.29, 0.717) is 21.4 Å². The van der Waals surface area contributed by atoms with Crippen LogP contribution < -0.4 is 4.74 Å². The minimum Gasteiger partial charge on any atom is -0.488 e. The van der Waals surface area contributed by atoms with E-state index in [1.807, 2.05) is 0 Å². The molecule has 1 saturated carbocycles. The molecule has 1 aliphatic rings. The number of aldehydes is 1. The molecule has 0 unspecified atom stereocenters. The molecule has 1 fully saturated rings. The van der Waals surface area contributed by atoms with E-state index in [1.165, 1.54) is 12.8 Å². The topological polar surface area (TPSA) is 26.3 Å². The Morgan fingerprint density at radius 2 is 1.94 bits per heavy atom. The monoisotopic (exact) mass is 258 g/mol. The number of carbonyl (C=O) groups is 1. The predicted molar refractivity (Wildman–Crippen MR) is 64.7 cm³/mol. The molecule has 0 atom stereocenters. The van der Waals surface area contributed by atoms with Gasteiger partial charge in [0.25, 0.3) is 0 Å². The lowest BCUT2D eigenvalue weighted by molar-refractivity contribution is 0.111. The Morgan fingerprint density at radius 1 is 1.25 bits per heavy atom. The average molecular weight is 259 g/mol. The van der Waals surface area contributed by atoms with Gasteiger partial charge in [0.2, 0.25) is 0 Å². The van der Waals surface area contributed by atoms with Crippen molar-refractivity contribution in [2.45, 2.75) is 31.8 Å². The third-order valence-corrected chi connectivity index (χ3v) is 3.25. The summed E-state index contributed by atoms with van der Waals surface area (Å²) in [5, 5.41) is 0.854. The van der Waals surface area contributed by atoms with Crippen LogP contribution in [0.5, 0.6) is 5.75 Å². The van der Waals surface area contributed by atoms with Crippen molar-refractivity contribution in [2.24, 2.45) is 0 Å². The number of rotatable bonds is 3. The van der Waals surface area contributed by atoms with E-state index in [0.717, 1.165) is 19.1 Å². The molecule has 0 aromatic heterocycles. The second-order valence-corrected chi connectivity index (χ2v) is 4.79.